The number of rotatable bonds is 7. The summed E-state index contributed by atoms with van der Waals surface area (Å²) in [6.45, 7) is 3.33. The zero-order valence-corrected chi connectivity index (χ0v) is 12.3. The Morgan fingerprint density at radius 3 is 2.53 bits per heavy atom. The van der Waals surface area contributed by atoms with Gasteiger partial charge in [-0.15, -0.1) is 0 Å². The standard InChI is InChI=1S/C15H24N2O2/c1-12(11-17(3)15(18)10-16-2)9-13-5-7-14(19-4)8-6-13/h5-8,12,16H,9-11H2,1-4H3. The lowest BCUT2D eigenvalue weighted by Crippen LogP contribution is -2.37. The average Bonchev–Trinajstić information content (AvgIpc) is 2.39. The van der Waals surface area contributed by atoms with E-state index >= 15 is 0 Å². The Labute approximate surface area is 115 Å². The SMILES string of the molecule is CNCC(=O)N(C)CC(C)Cc1ccc(OC)cc1. The normalized spacial score (nSPS) is 12.0. The van der Waals surface area contributed by atoms with Gasteiger partial charge in [-0.1, -0.05) is 19.1 Å². The van der Waals surface area contributed by atoms with Gasteiger partial charge in [-0.3, -0.25) is 4.79 Å². The number of methoxy groups -OCH3 is 1. The van der Waals surface area contributed by atoms with E-state index < -0.39 is 0 Å². The highest BCUT2D eigenvalue weighted by Crippen LogP contribution is 2.15. The van der Waals surface area contributed by atoms with Crippen LogP contribution in [-0.2, 0) is 11.2 Å². The molecule has 1 amide bonds. The first-order valence-electron chi connectivity index (χ1n) is 6.58. The molecular weight excluding hydrogens is 240 g/mol. The molecule has 1 atom stereocenters. The number of ether oxygens (including phenoxy) is 1. The summed E-state index contributed by atoms with van der Waals surface area (Å²) in [5.41, 5.74) is 1.27. The minimum Gasteiger partial charge on any atom is -0.497 e. The van der Waals surface area contributed by atoms with Crippen molar-refractivity contribution in [3.8, 4) is 5.75 Å². The molecule has 0 aliphatic rings. The number of likely N-dealkylation sites (N-methyl/N-ethyl adjacent to an activating group) is 2. The number of hydrogen-bond donors (Lipinski definition) is 1. The summed E-state index contributed by atoms with van der Waals surface area (Å²) >= 11 is 0. The third-order valence-electron chi connectivity index (χ3n) is 3.08. The summed E-state index contributed by atoms with van der Waals surface area (Å²) in [4.78, 5) is 13.4. The predicted octanol–water partition coefficient (Wildman–Crippen LogP) is 1.55. The molecule has 0 radical (unpaired) electrons. The maximum absolute atomic E-state index is 11.7. The van der Waals surface area contributed by atoms with E-state index in [9.17, 15) is 4.79 Å². The van der Waals surface area contributed by atoms with Crippen LogP contribution < -0.4 is 10.1 Å². The lowest BCUT2D eigenvalue weighted by molar-refractivity contribution is -0.129. The van der Waals surface area contributed by atoms with Gasteiger partial charge in [0.1, 0.15) is 5.75 Å². The van der Waals surface area contributed by atoms with E-state index in [0.29, 0.717) is 12.5 Å². The Balaban J connectivity index is 2.45. The van der Waals surface area contributed by atoms with Gasteiger partial charge in [0.25, 0.3) is 0 Å². The largest absolute Gasteiger partial charge is 0.497 e. The smallest absolute Gasteiger partial charge is 0.236 e. The van der Waals surface area contributed by atoms with Crippen LogP contribution in [0.2, 0.25) is 0 Å². The molecule has 0 aliphatic heterocycles. The van der Waals surface area contributed by atoms with E-state index in [-0.39, 0.29) is 5.91 Å². The highest BCUT2D eigenvalue weighted by molar-refractivity contribution is 5.77. The maximum Gasteiger partial charge on any atom is 0.236 e. The van der Waals surface area contributed by atoms with Crippen molar-refractivity contribution in [2.75, 3.05) is 34.3 Å². The number of benzene rings is 1. The summed E-state index contributed by atoms with van der Waals surface area (Å²) in [7, 11) is 5.30. The van der Waals surface area contributed by atoms with Crippen LogP contribution in [0.4, 0.5) is 0 Å². The molecule has 0 aromatic heterocycles. The van der Waals surface area contributed by atoms with Gasteiger partial charge in [0, 0.05) is 13.6 Å². The third kappa shape index (κ3) is 5.30. The molecule has 4 heteroatoms. The summed E-state index contributed by atoms with van der Waals surface area (Å²) < 4.78 is 5.14. The number of carbonyl (C=O) groups excluding carboxylic acids is 1. The van der Waals surface area contributed by atoms with Crippen molar-refractivity contribution in [2.24, 2.45) is 5.92 Å². The summed E-state index contributed by atoms with van der Waals surface area (Å²) in [6, 6.07) is 8.09. The zero-order valence-electron chi connectivity index (χ0n) is 12.3. The van der Waals surface area contributed by atoms with Gasteiger partial charge in [0.15, 0.2) is 0 Å². The van der Waals surface area contributed by atoms with Crippen LogP contribution in [0, 0.1) is 5.92 Å². The van der Waals surface area contributed by atoms with Crippen molar-refractivity contribution in [2.45, 2.75) is 13.3 Å². The van der Waals surface area contributed by atoms with E-state index in [1.165, 1.54) is 5.56 Å². The molecular formula is C15H24N2O2. The second-order valence-electron chi connectivity index (χ2n) is 4.96. The molecule has 0 heterocycles. The number of nitrogens with zero attached hydrogens (tertiary/aromatic N) is 1. The van der Waals surface area contributed by atoms with Gasteiger partial charge in [-0.2, -0.15) is 0 Å². The molecule has 19 heavy (non-hydrogen) atoms. The van der Waals surface area contributed by atoms with Gasteiger partial charge in [0.05, 0.1) is 13.7 Å². The lowest BCUT2D eigenvalue weighted by atomic mass is 10.0. The number of hydrogen-bond acceptors (Lipinski definition) is 3. The minimum absolute atomic E-state index is 0.129. The maximum atomic E-state index is 11.7. The van der Waals surface area contributed by atoms with E-state index in [0.717, 1.165) is 18.7 Å². The van der Waals surface area contributed by atoms with Crippen LogP contribution in [0.1, 0.15) is 12.5 Å². The van der Waals surface area contributed by atoms with Gasteiger partial charge < -0.3 is 15.0 Å². The van der Waals surface area contributed by atoms with Gasteiger partial charge in [-0.05, 0) is 37.1 Å². The van der Waals surface area contributed by atoms with Crippen molar-refractivity contribution in [3.63, 3.8) is 0 Å². The van der Waals surface area contributed by atoms with Crippen LogP contribution in [0.15, 0.2) is 24.3 Å². The molecule has 0 saturated heterocycles. The second kappa shape index (κ2) is 7.79. The Kier molecular flexibility index (Phi) is 6.36. The van der Waals surface area contributed by atoms with Crippen molar-refractivity contribution in [1.82, 2.24) is 10.2 Å². The van der Waals surface area contributed by atoms with Crippen LogP contribution in [0.5, 0.6) is 5.75 Å². The Bertz CT molecular complexity index is 390. The molecule has 1 unspecified atom stereocenters. The minimum atomic E-state index is 0.129. The molecule has 0 bridgehead atoms. The fourth-order valence-electron chi connectivity index (χ4n) is 2.08. The first kappa shape index (κ1) is 15.5. The van der Waals surface area contributed by atoms with E-state index in [1.807, 2.05) is 19.2 Å². The Morgan fingerprint density at radius 2 is 2.00 bits per heavy atom. The van der Waals surface area contributed by atoms with Crippen LogP contribution in [0.3, 0.4) is 0 Å². The second-order valence-corrected chi connectivity index (χ2v) is 4.96. The Hall–Kier alpha value is -1.55. The fraction of sp³-hybridized carbons (Fsp3) is 0.533. The predicted molar refractivity (Wildman–Crippen MR) is 77.4 cm³/mol. The number of nitrogens with one attached hydrogen (secondary N) is 1. The molecule has 1 rings (SSSR count). The molecule has 1 N–H and O–H groups in total. The number of carbonyl (C=O) groups is 1. The van der Waals surface area contributed by atoms with Crippen LogP contribution in [-0.4, -0.2) is 45.1 Å². The topological polar surface area (TPSA) is 41.6 Å². The molecule has 0 fully saturated rings. The highest BCUT2D eigenvalue weighted by atomic mass is 16.5. The van der Waals surface area contributed by atoms with Gasteiger partial charge in [0.2, 0.25) is 5.91 Å². The van der Waals surface area contributed by atoms with Crippen molar-refractivity contribution in [3.05, 3.63) is 29.8 Å². The molecule has 1 aromatic rings. The summed E-state index contributed by atoms with van der Waals surface area (Å²) in [5.74, 6) is 1.43. The zero-order chi connectivity index (χ0) is 14.3. The van der Waals surface area contributed by atoms with E-state index in [2.05, 4.69) is 24.4 Å². The summed E-state index contributed by atoms with van der Waals surface area (Å²) in [6.07, 6.45) is 0.959. The average molecular weight is 264 g/mol. The van der Waals surface area contributed by atoms with Gasteiger partial charge >= 0.3 is 0 Å². The summed E-state index contributed by atoms with van der Waals surface area (Å²) in [5, 5.41) is 2.88. The molecule has 1 aromatic carbocycles. The van der Waals surface area contributed by atoms with E-state index in [1.54, 1.807) is 19.1 Å². The van der Waals surface area contributed by atoms with Crippen molar-refractivity contribution < 1.29 is 9.53 Å². The van der Waals surface area contributed by atoms with Crippen LogP contribution in [0.25, 0.3) is 0 Å². The third-order valence-corrected chi connectivity index (χ3v) is 3.08. The molecule has 106 valence electrons. The molecule has 0 spiro atoms. The van der Waals surface area contributed by atoms with Crippen molar-refractivity contribution >= 4 is 5.91 Å². The van der Waals surface area contributed by atoms with Crippen molar-refractivity contribution in [1.29, 1.82) is 0 Å². The monoisotopic (exact) mass is 264 g/mol. The molecule has 0 aliphatic carbocycles. The fourth-order valence-corrected chi connectivity index (χ4v) is 2.08. The van der Waals surface area contributed by atoms with Crippen LogP contribution >= 0.6 is 0 Å². The first-order valence-corrected chi connectivity index (χ1v) is 6.58. The van der Waals surface area contributed by atoms with E-state index in [4.69, 9.17) is 4.74 Å². The molecule has 0 saturated carbocycles. The highest BCUT2D eigenvalue weighted by Gasteiger charge is 2.12. The Morgan fingerprint density at radius 1 is 1.37 bits per heavy atom. The molecule has 4 nitrogen and oxygen atoms in total. The quantitative estimate of drug-likeness (QED) is 0.812. The first-order chi connectivity index (χ1) is 9.06. The number of amides is 1. The lowest BCUT2D eigenvalue weighted by Gasteiger charge is -2.21. The van der Waals surface area contributed by atoms with Gasteiger partial charge in [-0.25, -0.2) is 0 Å².